The number of anilines is 1. The molecule has 0 aliphatic rings. The van der Waals surface area contributed by atoms with Gasteiger partial charge in [-0.2, -0.15) is 0 Å². The molecule has 2 heteroatoms. The van der Waals surface area contributed by atoms with Crippen LogP contribution < -0.4 is 9.64 Å². The lowest BCUT2D eigenvalue weighted by Crippen LogP contribution is -2.34. The molecule has 0 atom stereocenters. The zero-order valence-electron chi connectivity index (χ0n) is 15.9. The fraction of sp³-hybridized carbons (Fsp3) is 0.455. The van der Waals surface area contributed by atoms with Crippen LogP contribution in [0.4, 0.5) is 5.69 Å². The topological polar surface area (TPSA) is 12.5 Å². The molecule has 0 spiro atoms. The molecule has 0 fully saturated rings. The number of rotatable bonds is 7. The Bertz CT molecular complexity index is 605. The van der Waals surface area contributed by atoms with Gasteiger partial charge in [-0.25, -0.2) is 0 Å². The largest absolute Gasteiger partial charge is 0.473 e. The van der Waals surface area contributed by atoms with Crippen molar-refractivity contribution in [1.82, 2.24) is 0 Å². The van der Waals surface area contributed by atoms with Crippen LogP contribution in [0, 0.1) is 0 Å². The Morgan fingerprint density at radius 1 is 0.750 bits per heavy atom. The van der Waals surface area contributed by atoms with Crippen LogP contribution in [-0.4, -0.2) is 12.8 Å². The van der Waals surface area contributed by atoms with Crippen molar-refractivity contribution in [3.8, 4) is 5.75 Å². The zero-order chi connectivity index (χ0) is 17.7. The molecule has 0 bridgehead atoms. The zero-order valence-corrected chi connectivity index (χ0v) is 15.9. The maximum atomic E-state index is 6.39. The first-order valence-corrected chi connectivity index (χ1v) is 8.99. The molecule has 2 rings (SSSR count). The summed E-state index contributed by atoms with van der Waals surface area (Å²) < 4.78 is 6.39. The Balaban J connectivity index is 2.29. The molecule has 0 aliphatic carbocycles. The van der Waals surface area contributed by atoms with Crippen molar-refractivity contribution < 1.29 is 4.74 Å². The highest BCUT2D eigenvalue weighted by Gasteiger charge is 2.17. The van der Waals surface area contributed by atoms with E-state index >= 15 is 0 Å². The van der Waals surface area contributed by atoms with Crippen molar-refractivity contribution in [2.24, 2.45) is 0 Å². The van der Waals surface area contributed by atoms with E-state index in [2.05, 4.69) is 88.9 Å². The van der Waals surface area contributed by atoms with E-state index in [9.17, 15) is 0 Å². The summed E-state index contributed by atoms with van der Waals surface area (Å²) in [6, 6.07) is 17.4. The minimum Gasteiger partial charge on any atom is -0.473 e. The Labute approximate surface area is 147 Å². The third-order valence-corrected chi connectivity index (χ3v) is 4.38. The van der Waals surface area contributed by atoms with E-state index < -0.39 is 0 Å². The fourth-order valence-corrected chi connectivity index (χ4v) is 2.92. The minimum absolute atomic E-state index is 0.376. The first-order valence-electron chi connectivity index (χ1n) is 8.99. The monoisotopic (exact) mass is 325 g/mol. The molecule has 24 heavy (non-hydrogen) atoms. The Hall–Kier alpha value is -1.96. The lowest BCUT2D eigenvalue weighted by atomic mass is 9.94. The number of hydrogen-bond donors (Lipinski definition) is 0. The molecule has 0 saturated carbocycles. The molecule has 0 saturated heterocycles. The third kappa shape index (κ3) is 4.31. The Morgan fingerprint density at radius 2 is 1.29 bits per heavy atom. The summed E-state index contributed by atoms with van der Waals surface area (Å²) in [5.74, 6) is 1.95. The highest BCUT2D eigenvalue weighted by molar-refractivity contribution is 5.48. The molecule has 2 aromatic carbocycles. The maximum Gasteiger partial charge on any atom is 0.161 e. The van der Waals surface area contributed by atoms with E-state index in [1.54, 1.807) is 0 Å². The van der Waals surface area contributed by atoms with Crippen LogP contribution in [0.2, 0.25) is 0 Å². The standard InChI is InChI=1S/C22H31NO/c1-16(2)20-13-10-14-21(17(3)4)22(20)24-15-23(18(5)6)19-11-8-7-9-12-19/h7-14,16-18H,15H2,1-6H3. The summed E-state index contributed by atoms with van der Waals surface area (Å²) in [4.78, 5) is 2.29. The van der Waals surface area contributed by atoms with Gasteiger partial charge < -0.3 is 9.64 Å². The molecular weight excluding hydrogens is 294 g/mol. The van der Waals surface area contributed by atoms with Crippen molar-refractivity contribution in [3.05, 3.63) is 59.7 Å². The van der Waals surface area contributed by atoms with Gasteiger partial charge >= 0.3 is 0 Å². The van der Waals surface area contributed by atoms with Crippen molar-refractivity contribution in [3.63, 3.8) is 0 Å². The third-order valence-electron chi connectivity index (χ3n) is 4.38. The average molecular weight is 325 g/mol. The predicted octanol–water partition coefficient (Wildman–Crippen LogP) is 6.18. The van der Waals surface area contributed by atoms with Crippen molar-refractivity contribution in [1.29, 1.82) is 0 Å². The van der Waals surface area contributed by atoms with Gasteiger partial charge in [0.1, 0.15) is 5.75 Å². The quantitative estimate of drug-likeness (QED) is 0.563. The van der Waals surface area contributed by atoms with E-state index in [0.29, 0.717) is 24.6 Å². The molecule has 130 valence electrons. The molecule has 0 amide bonds. The lowest BCUT2D eigenvalue weighted by molar-refractivity contribution is 0.296. The van der Waals surface area contributed by atoms with Gasteiger partial charge in [0.2, 0.25) is 0 Å². The summed E-state index contributed by atoms with van der Waals surface area (Å²) in [5.41, 5.74) is 3.77. The van der Waals surface area contributed by atoms with Crippen LogP contribution in [0.5, 0.6) is 5.75 Å². The van der Waals surface area contributed by atoms with Gasteiger partial charge in [-0.3, -0.25) is 0 Å². The Kier molecular flexibility index (Phi) is 6.30. The SMILES string of the molecule is CC(C)c1cccc(C(C)C)c1OCN(c1ccccc1)C(C)C. The summed E-state index contributed by atoms with van der Waals surface area (Å²) in [5, 5.41) is 0. The molecule has 0 aliphatic heterocycles. The van der Waals surface area contributed by atoms with Crippen LogP contribution in [0.3, 0.4) is 0 Å². The van der Waals surface area contributed by atoms with Crippen molar-refractivity contribution >= 4 is 5.69 Å². The summed E-state index contributed by atoms with van der Waals surface area (Å²) in [7, 11) is 0. The first-order chi connectivity index (χ1) is 11.4. The Morgan fingerprint density at radius 3 is 1.75 bits per heavy atom. The number of para-hydroxylation sites is 2. The molecule has 0 heterocycles. The highest BCUT2D eigenvalue weighted by Crippen LogP contribution is 2.34. The van der Waals surface area contributed by atoms with Crippen LogP contribution in [-0.2, 0) is 0 Å². The molecule has 2 nitrogen and oxygen atoms in total. The highest BCUT2D eigenvalue weighted by atomic mass is 16.5. The van der Waals surface area contributed by atoms with E-state index in [0.717, 1.165) is 5.75 Å². The molecule has 2 aromatic rings. The van der Waals surface area contributed by atoms with Gasteiger partial charge in [0.05, 0.1) is 0 Å². The van der Waals surface area contributed by atoms with E-state index in [4.69, 9.17) is 4.74 Å². The molecule has 0 N–H and O–H groups in total. The molecule has 0 unspecified atom stereocenters. The lowest BCUT2D eigenvalue weighted by Gasteiger charge is -2.30. The van der Waals surface area contributed by atoms with E-state index in [-0.39, 0.29) is 0 Å². The normalized spacial score (nSPS) is 11.4. The van der Waals surface area contributed by atoms with Crippen LogP contribution in [0.25, 0.3) is 0 Å². The van der Waals surface area contributed by atoms with E-state index in [1.165, 1.54) is 16.8 Å². The fourth-order valence-electron chi connectivity index (χ4n) is 2.92. The summed E-state index contributed by atoms with van der Waals surface area (Å²) in [6.45, 7) is 13.9. The second kappa shape index (κ2) is 8.23. The van der Waals surface area contributed by atoms with Crippen molar-refractivity contribution in [2.45, 2.75) is 59.4 Å². The number of ether oxygens (including phenoxy) is 1. The van der Waals surface area contributed by atoms with Gasteiger partial charge in [-0.1, -0.05) is 64.1 Å². The smallest absolute Gasteiger partial charge is 0.161 e. The maximum absolute atomic E-state index is 6.39. The number of benzene rings is 2. The first kappa shape index (κ1) is 18.4. The van der Waals surface area contributed by atoms with E-state index in [1.807, 2.05) is 6.07 Å². The van der Waals surface area contributed by atoms with Crippen LogP contribution >= 0.6 is 0 Å². The van der Waals surface area contributed by atoms with Gasteiger partial charge in [0.15, 0.2) is 6.73 Å². The second-order valence-corrected chi connectivity index (χ2v) is 7.25. The number of hydrogen-bond acceptors (Lipinski definition) is 2. The van der Waals surface area contributed by atoms with Crippen LogP contribution in [0.1, 0.15) is 64.5 Å². The summed E-state index contributed by atoms with van der Waals surface area (Å²) >= 11 is 0. The molecule has 0 radical (unpaired) electrons. The number of nitrogens with zero attached hydrogens (tertiary/aromatic N) is 1. The van der Waals surface area contributed by atoms with Gasteiger partial charge in [-0.15, -0.1) is 0 Å². The summed E-state index contributed by atoms with van der Waals surface area (Å²) in [6.07, 6.45) is 0. The van der Waals surface area contributed by atoms with Gasteiger partial charge in [0.25, 0.3) is 0 Å². The van der Waals surface area contributed by atoms with Gasteiger partial charge in [0, 0.05) is 11.7 Å². The molecule has 0 aromatic heterocycles. The van der Waals surface area contributed by atoms with Crippen LogP contribution in [0.15, 0.2) is 48.5 Å². The average Bonchev–Trinajstić information content (AvgIpc) is 2.55. The molecular formula is C22H31NO. The second-order valence-electron chi connectivity index (χ2n) is 7.25. The van der Waals surface area contributed by atoms with Gasteiger partial charge in [-0.05, 0) is 48.9 Å². The van der Waals surface area contributed by atoms with Crippen molar-refractivity contribution in [2.75, 3.05) is 11.6 Å². The minimum atomic E-state index is 0.376. The predicted molar refractivity (Wildman–Crippen MR) is 104 cm³/mol.